The van der Waals surface area contributed by atoms with Gasteiger partial charge in [-0.25, -0.2) is 4.98 Å². The molecule has 0 unspecified atom stereocenters. The number of piperidine rings is 1. The average Bonchev–Trinajstić information content (AvgIpc) is 2.90. The Hall–Kier alpha value is -1.32. The van der Waals surface area contributed by atoms with Gasteiger partial charge in [0.05, 0.1) is 18.2 Å². The number of rotatable bonds is 2. The molecule has 0 aliphatic carbocycles. The van der Waals surface area contributed by atoms with E-state index in [-0.39, 0.29) is 5.54 Å². The van der Waals surface area contributed by atoms with Crippen LogP contribution in [0, 0.1) is 0 Å². The van der Waals surface area contributed by atoms with E-state index >= 15 is 0 Å². The van der Waals surface area contributed by atoms with Gasteiger partial charge in [-0.05, 0) is 50.6 Å². The maximum absolute atomic E-state index is 5.96. The number of hydrogen-bond acceptors (Lipinski definition) is 2. The lowest BCUT2D eigenvalue weighted by Crippen LogP contribution is -2.41. The minimum absolute atomic E-state index is 0.150. The third-order valence-corrected chi connectivity index (χ3v) is 4.29. The van der Waals surface area contributed by atoms with Crippen LogP contribution in [0.25, 0.3) is 11.3 Å². The van der Waals surface area contributed by atoms with E-state index in [1.54, 1.807) is 0 Å². The summed E-state index contributed by atoms with van der Waals surface area (Å²) < 4.78 is 2.32. The average molecular weight is 276 g/mol. The fourth-order valence-electron chi connectivity index (χ4n) is 2.77. The van der Waals surface area contributed by atoms with Gasteiger partial charge < -0.3 is 9.88 Å². The van der Waals surface area contributed by atoms with Crippen LogP contribution >= 0.6 is 11.6 Å². The Balaban J connectivity index is 2.00. The summed E-state index contributed by atoms with van der Waals surface area (Å²) in [5, 5.41) is 4.18. The summed E-state index contributed by atoms with van der Waals surface area (Å²) >= 11 is 5.96. The van der Waals surface area contributed by atoms with E-state index in [0.29, 0.717) is 0 Å². The molecule has 4 heteroatoms. The summed E-state index contributed by atoms with van der Waals surface area (Å²) in [5.41, 5.74) is 2.49. The van der Waals surface area contributed by atoms with Gasteiger partial charge in [-0.1, -0.05) is 23.7 Å². The molecule has 19 heavy (non-hydrogen) atoms. The highest BCUT2D eigenvalue weighted by Gasteiger charge is 2.30. The quantitative estimate of drug-likeness (QED) is 0.911. The van der Waals surface area contributed by atoms with Crippen molar-refractivity contribution in [2.75, 3.05) is 13.1 Å². The molecule has 0 amide bonds. The van der Waals surface area contributed by atoms with Crippen LogP contribution in [0.5, 0.6) is 0 Å². The first-order valence-electron chi connectivity index (χ1n) is 6.69. The Morgan fingerprint density at radius 3 is 2.58 bits per heavy atom. The van der Waals surface area contributed by atoms with Crippen molar-refractivity contribution in [1.29, 1.82) is 0 Å². The summed E-state index contributed by atoms with van der Waals surface area (Å²) in [4.78, 5) is 4.35. The van der Waals surface area contributed by atoms with Crippen LogP contribution in [0.2, 0.25) is 5.02 Å². The van der Waals surface area contributed by atoms with E-state index in [4.69, 9.17) is 11.6 Å². The molecule has 1 fully saturated rings. The number of aromatic nitrogens is 2. The molecule has 0 saturated carbocycles. The molecule has 1 aromatic carbocycles. The van der Waals surface area contributed by atoms with E-state index < -0.39 is 0 Å². The Morgan fingerprint density at radius 1 is 1.21 bits per heavy atom. The summed E-state index contributed by atoms with van der Waals surface area (Å²) in [6.45, 7) is 4.44. The van der Waals surface area contributed by atoms with E-state index in [9.17, 15) is 0 Å². The third kappa shape index (κ3) is 2.40. The fraction of sp³-hybridized carbons (Fsp3) is 0.400. The van der Waals surface area contributed by atoms with Gasteiger partial charge >= 0.3 is 0 Å². The van der Waals surface area contributed by atoms with E-state index in [0.717, 1.165) is 31.0 Å². The van der Waals surface area contributed by atoms with Gasteiger partial charge in [0, 0.05) is 10.6 Å². The molecule has 1 aliphatic rings. The maximum atomic E-state index is 5.96. The lowest BCUT2D eigenvalue weighted by atomic mass is 9.89. The largest absolute Gasteiger partial charge is 0.325 e. The van der Waals surface area contributed by atoms with Crippen molar-refractivity contribution in [3.05, 3.63) is 41.8 Å². The molecule has 0 bridgehead atoms. The summed E-state index contributed by atoms with van der Waals surface area (Å²) in [6, 6.07) is 7.97. The standard InChI is InChI=1S/C15H18ClN3/c1-15(6-8-17-9-7-15)19-11-18-10-14(19)12-2-4-13(16)5-3-12/h2-5,10-11,17H,6-9H2,1H3. The van der Waals surface area contributed by atoms with Crippen molar-refractivity contribution >= 4 is 11.6 Å². The smallest absolute Gasteiger partial charge is 0.0956 e. The lowest BCUT2D eigenvalue weighted by Gasteiger charge is -2.36. The zero-order valence-electron chi connectivity index (χ0n) is 11.1. The minimum Gasteiger partial charge on any atom is -0.325 e. The molecule has 2 aromatic rings. The SMILES string of the molecule is CC1(n2cncc2-c2ccc(Cl)cc2)CCNCC1. The van der Waals surface area contributed by atoms with Gasteiger partial charge in [-0.3, -0.25) is 0 Å². The molecule has 3 rings (SSSR count). The third-order valence-electron chi connectivity index (χ3n) is 4.04. The van der Waals surface area contributed by atoms with Crippen LogP contribution in [0.15, 0.2) is 36.8 Å². The van der Waals surface area contributed by atoms with Crippen molar-refractivity contribution in [2.24, 2.45) is 0 Å². The van der Waals surface area contributed by atoms with E-state index in [1.165, 1.54) is 11.3 Å². The lowest BCUT2D eigenvalue weighted by molar-refractivity contribution is 0.233. The minimum atomic E-state index is 0.150. The molecule has 0 spiro atoms. The number of hydrogen-bond donors (Lipinski definition) is 1. The summed E-state index contributed by atoms with van der Waals surface area (Å²) in [6.07, 6.45) is 6.15. The van der Waals surface area contributed by atoms with Crippen LogP contribution in [-0.2, 0) is 5.54 Å². The second kappa shape index (κ2) is 4.99. The van der Waals surface area contributed by atoms with Gasteiger partial charge in [-0.15, -0.1) is 0 Å². The Morgan fingerprint density at radius 2 is 1.89 bits per heavy atom. The van der Waals surface area contributed by atoms with Crippen molar-refractivity contribution < 1.29 is 0 Å². The van der Waals surface area contributed by atoms with Crippen LogP contribution in [0.3, 0.4) is 0 Å². The Bertz CT molecular complexity index is 553. The first-order valence-corrected chi connectivity index (χ1v) is 7.06. The maximum Gasteiger partial charge on any atom is 0.0956 e. The van der Waals surface area contributed by atoms with Crippen LogP contribution in [0.4, 0.5) is 0 Å². The number of nitrogens with zero attached hydrogens (tertiary/aromatic N) is 2. The Kier molecular flexibility index (Phi) is 3.33. The predicted octanol–water partition coefficient (Wildman–Crippen LogP) is 3.30. The zero-order valence-corrected chi connectivity index (χ0v) is 11.8. The second-order valence-corrected chi connectivity index (χ2v) is 5.84. The number of benzene rings is 1. The summed E-state index contributed by atoms with van der Waals surface area (Å²) in [7, 11) is 0. The monoisotopic (exact) mass is 275 g/mol. The molecule has 100 valence electrons. The molecule has 1 saturated heterocycles. The van der Waals surface area contributed by atoms with Crippen LogP contribution in [0.1, 0.15) is 19.8 Å². The molecular weight excluding hydrogens is 258 g/mol. The number of nitrogens with one attached hydrogen (secondary N) is 1. The van der Waals surface area contributed by atoms with Crippen molar-refractivity contribution in [3.63, 3.8) is 0 Å². The molecular formula is C15H18ClN3. The normalized spacial score (nSPS) is 18.4. The highest BCUT2D eigenvalue weighted by atomic mass is 35.5. The van der Waals surface area contributed by atoms with Crippen molar-refractivity contribution in [3.8, 4) is 11.3 Å². The molecule has 0 atom stereocenters. The number of halogens is 1. The molecule has 0 radical (unpaired) electrons. The van der Waals surface area contributed by atoms with E-state index in [2.05, 4.69) is 33.9 Å². The summed E-state index contributed by atoms with van der Waals surface area (Å²) in [5.74, 6) is 0. The molecule has 1 aromatic heterocycles. The highest BCUT2D eigenvalue weighted by molar-refractivity contribution is 6.30. The highest BCUT2D eigenvalue weighted by Crippen LogP contribution is 2.32. The molecule has 3 nitrogen and oxygen atoms in total. The first-order chi connectivity index (χ1) is 9.19. The van der Waals surface area contributed by atoms with Gasteiger partial charge in [0.2, 0.25) is 0 Å². The van der Waals surface area contributed by atoms with Crippen molar-refractivity contribution in [2.45, 2.75) is 25.3 Å². The topological polar surface area (TPSA) is 29.9 Å². The number of imidazole rings is 1. The molecule has 1 N–H and O–H groups in total. The first kappa shape index (κ1) is 12.7. The van der Waals surface area contributed by atoms with Gasteiger partial charge in [0.25, 0.3) is 0 Å². The Labute approximate surface area is 118 Å². The fourth-order valence-corrected chi connectivity index (χ4v) is 2.89. The van der Waals surface area contributed by atoms with E-state index in [1.807, 2.05) is 24.7 Å². The predicted molar refractivity (Wildman–Crippen MR) is 78.4 cm³/mol. The van der Waals surface area contributed by atoms with Crippen molar-refractivity contribution in [1.82, 2.24) is 14.9 Å². The second-order valence-electron chi connectivity index (χ2n) is 5.40. The molecule has 1 aliphatic heterocycles. The van der Waals surface area contributed by atoms with Crippen LogP contribution in [-0.4, -0.2) is 22.6 Å². The van der Waals surface area contributed by atoms with Gasteiger partial charge in [0.15, 0.2) is 0 Å². The van der Waals surface area contributed by atoms with Gasteiger partial charge in [0.1, 0.15) is 0 Å². The van der Waals surface area contributed by atoms with Crippen LogP contribution < -0.4 is 5.32 Å². The zero-order chi connectivity index (χ0) is 13.3. The molecule has 2 heterocycles. The van der Waals surface area contributed by atoms with Gasteiger partial charge in [-0.2, -0.15) is 0 Å².